The fraction of sp³-hybridized carbons (Fsp3) is 0.200. The van der Waals surface area contributed by atoms with Crippen molar-refractivity contribution in [2.75, 3.05) is 6.54 Å². The van der Waals surface area contributed by atoms with Crippen LogP contribution in [0.25, 0.3) is 0 Å². The summed E-state index contributed by atoms with van der Waals surface area (Å²) in [5, 5.41) is 4.26. The Morgan fingerprint density at radius 1 is 1.16 bits per heavy atom. The van der Waals surface area contributed by atoms with Crippen molar-refractivity contribution in [1.29, 1.82) is 0 Å². The molecule has 1 aliphatic heterocycles. The van der Waals surface area contributed by atoms with Crippen LogP contribution in [0.15, 0.2) is 60.9 Å². The first kappa shape index (κ1) is 15.6. The first-order valence-electron chi connectivity index (χ1n) is 8.23. The fourth-order valence-electron chi connectivity index (χ4n) is 3.47. The second-order valence-corrected chi connectivity index (χ2v) is 6.36. The number of aromatic nitrogens is 2. The van der Waals surface area contributed by atoms with Gasteiger partial charge in [0.2, 0.25) is 0 Å². The van der Waals surface area contributed by atoms with Gasteiger partial charge in [0.15, 0.2) is 0 Å². The van der Waals surface area contributed by atoms with Crippen molar-refractivity contribution in [2.24, 2.45) is 7.05 Å². The molecule has 4 rings (SSSR count). The Labute approximate surface area is 145 Å². The molecule has 2 heterocycles. The zero-order valence-corrected chi connectivity index (χ0v) is 13.9. The van der Waals surface area contributed by atoms with Crippen LogP contribution in [-0.4, -0.2) is 27.1 Å². The number of hydrogen-bond acceptors (Lipinski definition) is 2. The molecule has 1 amide bonds. The third kappa shape index (κ3) is 2.82. The zero-order valence-electron chi connectivity index (χ0n) is 13.9. The van der Waals surface area contributed by atoms with E-state index in [1.54, 1.807) is 21.7 Å². The largest absolute Gasteiger partial charge is 0.333 e. The van der Waals surface area contributed by atoms with Gasteiger partial charge in [0.05, 0.1) is 11.8 Å². The second kappa shape index (κ2) is 6.16. The number of carbonyl (C=O) groups excluding carboxylic acids is 1. The number of hydrogen-bond donors (Lipinski definition) is 0. The summed E-state index contributed by atoms with van der Waals surface area (Å²) in [5.74, 6) is -0.722. The molecule has 0 spiro atoms. The Kier molecular flexibility index (Phi) is 3.84. The number of amides is 1. The van der Waals surface area contributed by atoms with Crippen molar-refractivity contribution in [2.45, 2.75) is 12.5 Å². The average Bonchev–Trinajstić information content (AvgIpc) is 3.07. The molecule has 0 radical (unpaired) electrons. The van der Waals surface area contributed by atoms with E-state index < -0.39 is 5.82 Å². The number of nitrogens with zero attached hydrogens (tertiary/aromatic N) is 3. The number of fused-ring (bicyclic) bond motifs is 1. The molecule has 0 fully saturated rings. The van der Waals surface area contributed by atoms with Gasteiger partial charge in [-0.3, -0.25) is 9.48 Å². The summed E-state index contributed by atoms with van der Waals surface area (Å²) in [6.45, 7) is 0.996. The third-order valence-corrected chi connectivity index (χ3v) is 4.71. The lowest BCUT2D eigenvalue weighted by Crippen LogP contribution is -2.38. The van der Waals surface area contributed by atoms with E-state index in [4.69, 9.17) is 0 Å². The summed E-state index contributed by atoms with van der Waals surface area (Å²) in [4.78, 5) is 14.6. The van der Waals surface area contributed by atoms with E-state index in [1.165, 1.54) is 17.7 Å². The summed E-state index contributed by atoms with van der Waals surface area (Å²) < 4.78 is 15.8. The van der Waals surface area contributed by atoms with Crippen LogP contribution in [0.3, 0.4) is 0 Å². The predicted molar refractivity (Wildman–Crippen MR) is 92.6 cm³/mol. The molecule has 2 aromatic carbocycles. The molecule has 1 aromatic heterocycles. The van der Waals surface area contributed by atoms with Crippen LogP contribution >= 0.6 is 0 Å². The highest BCUT2D eigenvalue weighted by atomic mass is 19.1. The number of carbonyl (C=O) groups is 1. The molecular weight excluding hydrogens is 317 g/mol. The monoisotopic (exact) mass is 335 g/mol. The maximum Gasteiger partial charge on any atom is 0.257 e. The van der Waals surface area contributed by atoms with Crippen molar-refractivity contribution in [1.82, 2.24) is 14.7 Å². The average molecular weight is 335 g/mol. The highest BCUT2D eigenvalue weighted by molar-refractivity contribution is 5.94. The van der Waals surface area contributed by atoms with Crippen molar-refractivity contribution in [3.8, 4) is 0 Å². The molecule has 0 aliphatic carbocycles. The SMILES string of the molecule is Cn1cc(C2CN(C(=O)c3ccccc3F)Cc3ccccc32)cn1. The van der Waals surface area contributed by atoms with Crippen LogP contribution in [0, 0.1) is 5.82 Å². The molecule has 3 aromatic rings. The summed E-state index contributed by atoms with van der Waals surface area (Å²) in [5.41, 5.74) is 3.47. The van der Waals surface area contributed by atoms with Gasteiger partial charge >= 0.3 is 0 Å². The van der Waals surface area contributed by atoms with E-state index in [1.807, 2.05) is 37.6 Å². The van der Waals surface area contributed by atoms with Crippen LogP contribution in [-0.2, 0) is 13.6 Å². The minimum atomic E-state index is -0.482. The molecule has 1 unspecified atom stereocenters. The Bertz CT molecular complexity index is 934. The van der Waals surface area contributed by atoms with Gasteiger partial charge in [-0.1, -0.05) is 36.4 Å². The van der Waals surface area contributed by atoms with Crippen LogP contribution in [0.2, 0.25) is 0 Å². The summed E-state index contributed by atoms with van der Waals surface area (Å²) in [6, 6.07) is 14.2. The lowest BCUT2D eigenvalue weighted by atomic mass is 9.86. The Morgan fingerprint density at radius 3 is 2.68 bits per heavy atom. The third-order valence-electron chi connectivity index (χ3n) is 4.71. The minimum Gasteiger partial charge on any atom is -0.333 e. The molecule has 1 atom stereocenters. The quantitative estimate of drug-likeness (QED) is 0.720. The van der Waals surface area contributed by atoms with Gasteiger partial charge < -0.3 is 4.90 Å². The van der Waals surface area contributed by atoms with E-state index in [-0.39, 0.29) is 17.4 Å². The summed E-state index contributed by atoms with van der Waals surface area (Å²) in [7, 11) is 1.88. The number of aryl methyl sites for hydroxylation is 1. The topological polar surface area (TPSA) is 38.1 Å². The lowest BCUT2D eigenvalue weighted by Gasteiger charge is -2.34. The van der Waals surface area contributed by atoms with E-state index >= 15 is 0 Å². The first-order valence-corrected chi connectivity index (χ1v) is 8.23. The highest BCUT2D eigenvalue weighted by Gasteiger charge is 2.31. The van der Waals surface area contributed by atoms with Gasteiger partial charge in [0, 0.05) is 32.3 Å². The first-order chi connectivity index (χ1) is 12.1. The van der Waals surface area contributed by atoms with Crippen molar-refractivity contribution in [3.63, 3.8) is 0 Å². The van der Waals surface area contributed by atoms with E-state index in [2.05, 4.69) is 11.2 Å². The van der Waals surface area contributed by atoms with E-state index in [0.29, 0.717) is 13.1 Å². The zero-order chi connectivity index (χ0) is 17.4. The van der Waals surface area contributed by atoms with Crippen LogP contribution in [0.5, 0.6) is 0 Å². The lowest BCUT2D eigenvalue weighted by molar-refractivity contribution is 0.0720. The molecule has 1 aliphatic rings. The normalized spacial score (nSPS) is 16.6. The molecule has 0 bridgehead atoms. The minimum absolute atomic E-state index is 0.0365. The molecule has 0 N–H and O–H groups in total. The second-order valence-electron chi connectivity index (χ2n) is 6.36. The van der Waals surface area contributed by atoms with Gasteiger partial charge in [0.25, 0.3) is 5.91 Å². The van der Waals surface area contributed by atoms with E-state index in [0.717, 1.165) is 11.1 Å². The van der Waals surface area contributed by atoms with Crippen molar-refractivity contribution < 1.29 is 9.18 Å². The number of rotatable bonds is 2. The molecule has 126 valence electrons. The van der Waals surface area contributed by atoms with Gasteiger partial charge in [-0.05, 0) is 28.8 Å². The standard InChI is InChI=1S/C20H18FN3O/c1-23-11-15(10-22-23)18-13-24(12-14-6-2-3-7-16(14)18)20(25)17-8-4-5-9-19(17)21/h2-11,18H,12-13H2,1H3. The van der Waals surface area contributed by atoms with Gasteiger partial charge in [0.1, 0.15) is 5.82 Å². The molecule has 25 heavy (non-hydrogen) atoms. The molecule has 0 saturated carbocycles. The van der Waals surface area contributed by atoms with E-state index in [9.17, 15) is 9.18 Å². The van der Waals surface area contributed by atoms with Gasteiger partial charge in [-0.15, -0.1) is 0 Å². The summed E-state index contributed by atoms with van der Waals surface area (Å²) in [6.07, 6.45) is 3.80. The van der Waals surface area contributed by atoms with Crippen LogP contribution in [0.1, 0.15) is 33.0 Å². The Hall–Kier alpha value is -2.95. The predicted octanol–water partition coefficient (Wildman–Crippen LogP) is 3.35. The number of halogens is 1. The smallest absolute Gasteiger partial charge is 0.257 e. The van der Waals surface area contributed by atoms with Crippen LogP contribution in [0.4, 0.5) is 4.39 Å². The maximum absolute atomic E-state index is 14.1. The Morgan fingerprint density at radius 2 is 1.92 bits per heavy atom. The van der Waals surface area contributed by atoms with Crippen molar-refractivity contribution in [3.05, 3.63) is 89.0 Å². The van der Waals surface area contributed by atoms with Crippen LogP contribution < -0.4 is 0 Å². The maximum atomic E-state index is 14.1. The summed E-state index contributed by atoms with van der Waals surface area (Å²) >= 11 is 0. The van der Waals surface area contributed by atoms with Crippen molar-refractivity contribution >= 4 is 5.91 Å². The fourth-order valence-corrected chi connectivity index (χ4v) is 3.47. The van der Waals surface area contributed by atoms with Gasteiger partial charge in [-0.2, -0.15) is 5.10 Å². The Balaban J connectivity index is 1.73. The molecular formula is C20H18FN3O. The molecule has 0 saturated heterocycles. The number of benzene rings is 2. The van der Waals surface area contributed by atoms with Gasteiger partial charge in [-0.25, -0.2) is 4.39 Å². The molecule has 5 heteroatoms. The molecule has 4 nitrogen and oxygen atoms in total. The highest BCUT2D eigenvalue weighted by Crippen LogP contribution is 2.34.